The summed E-state index contributed by atoms with van der Waals surface area (Å²) in [5.74, 6) is 1.59. The van der Waals surface area contributed by atoms with Gasteiger partial charge in [-0.15, -0.1) is 0 Å². The second-order valence-corrected chi connectivity index (χ2v) is 6.21. The number of nitrogens with two attached hydrogens (primary N) is 1. The Morgan fingerprint density at radius 3 is 2.39 bits per heavy atom. The number of benzene rings is 1. The molecular formula is C17H27N. The quantitative estimate of drug-likeness (QED) is 0.856. The van der Waals surface area contributed by atoms with E-state index in [1.807, 2.05) is 0 Å². The highest BCUT2D eigenvalue weighted by atomic mass is 14.7. The molecule has 1 aliphatic rings. The molecule has 0 radical (unpaired) electrons. The van der Waals surface area contributed by atoms with Crippen LogP contribution in [0.4, 0.5) is 0 Å². The molecule has 0 saturated heterocycles. The predicted molar refractivity (Wildman–Crippen MR) is 78.7 cm³/mol. The highest BCUT2D eigenvalue weighted by Crippen LogP contribution is 2.32. The molecule has 1 nitrogen and oxygen atoms in total. The van der Waals surface area contributed by atoms with Crippen molar-refractivity contribution in [3.8, 4) is 0 Å². The number of rotatable bonds is 3. The van der Waals surface area contributed by atoms with Gasteiger partial charge in [0.2, 0.25) is 0 Å². The normalized spacial score (nSPS) is 28.3. The lowest BCUT2D eigenvalue weighted by atomic mass is 9.75. The van der Waals surface area contributed by atoms with Crippen LogP contribution in [0.25, 0.3) is 0 Å². The molecule has 0 bridgehead atoms. The van der Waals surface area contributed by atoms with Gasteiger partial charge in [-0.05, 0) is 56.9 Å². The van der Waals surface area contributed by atoms with Gasteiger partial charge in [0, 0.05) is 6.04 Å². The average molecular weight is 245 g/mol. The Morgan fingerprint density at radius 2 is 1.78 bits per heavy atom. The van der Waals surface area contributed by atoms with Crippen molar-refractivity contribution in [2.24, 2.45) is 17.6 Å². The molecule has 0 amide bonds. The van der Waals surface area contributed by atoms with Crippen molar-refractivity contribution < 1.29 is 0 Å². The molecule has 1 aromatic rings. The van der Waals surface area contributed by atoms with Gasteiger partial charge >= 0.3 is 0 Å². The lowest BCUT2D eigenvalue weighted by molar-refractivity contribution is 0.227. The van der Waals surface area contributed by atoms with E-state index in [4.69, 9.17) is 5.73 Å². The Kier molecular flexibility index (Phi) is 4.45. The van der Waals surface area contributed by atoms with Gasteiger partial charge in [-0.3, -0.25) is 0 Å². The lowest BCUT2D eigenvalue weighted by Crippen LogP contribution is -2.37. The van der Waals surface area contributed by atoms with E-state index < -0.39 is 0 Å². The average Bonchev–Trinajstić information content (AvgIpc) is 2.30. The van der Waals surface area contributed by atoms with Gasteiger partial charge < -0.3 is 5.73 Å². The molecule has 3 unspecified atom stereocenters. The largest absolute Gasteiger partial charge is 0.327 e. The van der Waals surface area contributed by atoms with Crippen LogP contribution < -0.4 is 5.73 Å². The highest BCUT2D eigenvalue weighted by molar-refractivity contribution is 5.29. The standard InChI is InChI=1S/C17H27N/c1-4-14-5-6-17(18)16(10-14)11-15-8-12(2)7-13(3)9-15/h7-9,14,16-17H,4-6,10-11,18H2,1-3H3. The number of hydrogen-bond donors (Lipinski definition) is 1. The van der Waals surface area contributed by atoms with Gasteiger partial charge in [0.25, 0.3) is 0 Å². The third-order valence-electron chi connectivity index (χ3n) is 4.51. The van der Waals surface area contributed by atoms with E-state index in [0.717, 1.165) is 5.92 Å². The monoisotopic (exact) mass is 245 g/mol. The molecule has 1 saturated carbocycles. The summed E-state index contributed by atoms with van der Waals surface area (Å²) in [6, 6.07) is 7.32. The van der Waals surface area contributed by atoms with Crippen LogP contribution in [-0.4, -0.2) is 6.04 Å². The summed E-state index contributed by atoms with van der Waals surface area (Å²) in [6.07, 6.45) is 6.36. The van der Waals surface area contributed by atoms with Crippen molar-refractivity contribution >= 4 is 0 Å². The summed E-state index contributed by atoms with van der Waals surface area (Å²) in [4.78, 5) is 0. The molecule has 1 heteroatoms. The van der Waals surface area contributed by atoms with Crippen LogP contribution in [0.3, 0.4) is 0 Å². The van der Waals surface area contributed by atoms with Crippen molar-refractivity contribution in [1.82, 2.24) is 0 Å². The minimum atomic E-state index is 0.411. The van der Waals surface area contributed by atoms with E-state index in [-0.39, 0.29) is 0 Å². The maximum Gasteiger partial charge on any atom is 0.00705 e. The van der Waals surface area contributed by atoms with Gasteiger partial charge in [0.15, 0.2) is 0 Å². The van der Waals surface area contributed by atoms with Gasteiger partial charge in [0.05, 0.1) is 0 Å². The molecule has 3 atom stereocenters. The smallest absolute Gasteiger partial charge is 0.00705 e. The third-order valence-corrected chi connectivity index (χ3v) is 4.51. The summed E-state index contributed by atoms with van der Waals surface area (Å²) in [5, 5.41) is 0. The first-order valence-electron chi connectivity index (χ1n) is 7.41. The zero-order chi connectivity index (χ0) is 13.1. The second kappa shape index (κ2) is 5.88. The minimum absolute atomic E-state index is 0.411. The Bertz CT molecular complexity index is 376. The third kappa shape index (κ3) is 3.35. The van der Waals surface area contributed by atoms with Gasteiger partial charge in [0.1, 0.15) is 0 Å². The van der Waals surface area contributed by atoms with Crippen LogP contribution in [0.5, 0.6) is 0 Å². The van der Waals surface area contributed by atoms with E-state index in [1.165, 1.54) is 48.8 Å². The summed E-state index contributed by atoms with van der Waals surface area (Å²) in [5.41, 5.74) is 10.5. The Balaban J connectivity index is 2.06. The van der Waals surface area contributed by atoms with E-state index >= 15 is 0 Å². The topological polar surface area (TPSA) is 26.0 Å². The predicted octanol–water partition coefficient (Wildman–Crippen LogP) is 4.00. The molecule has 18 heavy (non-hydrogen) atoms. The fourth-order valence-electron chi connectivity index (χ4n) is 3.48. The molecule has 0 heterocycles. The number of aryl methyl sites for hydroxylation is 2. The Hall–Kier alpha value is -0.820. The first kappa shape index (κ1) is 13.6. The van der Waals surface area contributed by atoms with Crippen molar-refractivity contribution in [3.63, 3.8) is 0 Å². The van der Waals surface area contributed by atoms with Gasteiger partial charge in [-0.1, -0.05) is 42.7 Å². The molecule has 2 N–H and O–H groups in total. The van der Waals surface area contributed by atoms with Gasteiger partial charge in [-0.25, -0.2) is 0 Å². The first-order chi connectivity index (χ1) is 8.58. The molecule has 1 aliphatic carbocycles. The van der Waals surface area contributed by atoms with Crippen molar-refractivity contribution in [2.75, 3.05) is 0 Å². The van der Waals surface area contributed by atoms with Crippen LogP contribution in [0, 0.1) is 25.7 Å². The maximum absolute atomic E-state index is 6.32. The molecular weight excluding hydrogens is 218 g/mol. The zero-order valence-corrected chi connectivity index (χ0v) is 12.1. The summed E-state index contributed by atoms with van der Waals surface area (Å²) in [6.45, 7) is 6.69. The molecule has 0 aromatic heterocycles. The van der Waals surface area contributed by atoms with E-state index in [1.54, 1.807) is 0 Å². The molecule has 100 valence electrons. The SMILES string of the molecule is CCC1CCC(N)C(Cc2cc(C)cc(C)c2)C1. The minimum Gasteiger partial charge on any atom is -0.327 e. The van der Waals surface area contributed by atoms with Gasteiger partial charge in [-0.2, -0.15) is 0 Å². The van der Waals surface area contributed by atoms with Crippen LogP contribution in [-0.2, 0) is 6.42 Å². The summed E-state index contributed by atoms with van der Waals surface area (Å²) < 4.78 is 0. The Labute approximate surface area is 112 Å². The Morgan fingerprint density at radius 1 is 1.11 bits per heavy atom. The van der Waals surface area contributed by atoms with Crippen molar-refractivity contribution in [2.45, 2.75) is 58.9 Å². The van der Waals surface area contributed by atoms with Crippen LogP contribution in [0.1, 0.15) is 49.3 Å². The fraction of sp³-hybridized carbons (Fsp3) is 0.647. The molecule has 0 aliphatic heterocycles. The molecule has 2 rings (SSSR count). The first-order valence-corrected chi connectivity index (χ1v) is 7.41. The summed E-state index contributed by atoms with van der Waals surface area (Å²) >= 11 is 0. The van der Waals surface area contributed by atoms with Crippen LogP contribution in [0.15, 0.2) is 18.2 Å². The van der Waals surface area contributed by atoms with E-state index in [2.05, 4.69) is 39.0 Å². The number of hydrogen-bond acceptors (Lipinski definition) is 1. The van der Waals surface area contributed by atoms with Crippen LogP contribution in [0.2, 0.25) is 0 Å². The van der Waals surface area contributed by atoms with E-state index in [9.17, 15) is 0 Å². The molecule has 1 aromatic carbocycles. The highest BCUT2D eigenvalue weighted by Gasteiger charge is 2.27. The maximum atomic E-state index is 6.32. The van der Waals surface area contributed by atoms with Crippen LogP contribution >= 0.6 is 0 Å². The summed E-state index contributed by atoms with van der Waals surface area (Å²) in [7, 11) is 0. The molecule has 1 fully saturated rings. The van der Waals surface area contributed by atoms with Crippen molar-refractivity contribution in [3.05, 3.63) is 34.9 Å². The van der Waals surface area contributed by atoms with Crippen molar-refractivity contribution in [1.29, 1.82) is 0 Å². The van der Waals surface area contributed by atoms with E-state index in [0.29, 0.717) is 12.0 Å². The second-order valence-electron chi connectivity index (χ2n) is 6.21. The lowest BCUT2D eigenvalue weighted by Gasteiger charge is -2.34. The zero-order valence-electron chi connectivity index (χ0n) is 12.1. The molecule has 0 spiro atoms. The fourth-order valence-corrected chi connectivity index (χ4v) is 3.48.